The van der Waals surface area contributed by atoms with E-state index in [0.717, 1.165) is 43.0 Å². The van der Waals surface area contributed by atoms with Crippen molar-refractivity contribution in [2.24, 2.45) is 4.99 Å². The lowest BCUT2D eigenvalue weighted by Crippen LogP contribution is -2.37. The number of benzene rings is 2. The molecule has 2 aromatic carbocycles. The van der Waals surface area contributed by atoms with Crippen LogP contribution in [0.2, 0.25) is 0 Å². The molecule has 0 aliphatic carbocycles. The largest absolute Gasteiger partial charge is 0.352 e. The summed E-state index contributed by atoms with van der Waals surface area (Å²) in [6.45, 7) is 5.18. The number of carbonyl (C=O) groups excluding carboxylic acids is 1. The quantitative estimate of drug-likeness (QED) is 0.234. The van der Waals surface area contributed by atoms with Crippen LogP contribution in [0.15, 0.2) is 52.4 Å². The Hall–Kier alpha value is -1.74. The minimum Gasteiger partial charge on any atom is -0.352 e. The maximum absolute atomic E-state index is 12.8. The zero-order valence-electron chi connectivity index (χ0n) is 18.6. The van der Waals surface area contributed by atoms with E-state index in [4.69, 9.17) is 0 Å². The van der Waals surface area contributed by atoms with Crippen molar-refractivity contribution in [1.29, 1.82) is 0 Å². The van der Waals surface area contributed by atoms with E-state index in [1.807, 2.05) is 29.2 Å². The maximum Gasteiger partial charge on any atom is 0.253 e. The zero-order valence-corrected chi connectivity index (χ0v) is 21.8. The van der Waals surface area contributed by atoms with Gasteiger partial charge in [0.05, 0.1) is 0 Å². The van der Waals surface area contributed by atoms with Gasteiger partial charge in [-0.05, 0) is 67.3 Å². The Bertz CT molecular complexity index is 897. The van der Waals surface area contributed by atoms with E-state index < -0.39 is 0 Å². The highest BCUT2D eigenvalue weighted by Gasteiger charge is 2.18. The van der Waals surface area contributed by atoms with Gasteiger partial charge in [0.15, 0.2) is 5.96 Å². The number of nitrogens with one attached hydrogen (secondary N) is 2. The second-order valence-corrected chi connectivity index (χ2v) is 8.50. The fraction of sp³-hybridized carbons (Fsp3) is 0.417. The minimum atomic E-state index is 0. The van der Waals surface area contributed by atoms with Crippen molar-refractivity contribution in [2.75, 3.05) is 26.4 Å². The van der Waals surface area contributed by atoms with Gasteiger partial charge in [0.2, 0.25) is 0 Å². The Balaban J connectivity index is 0.00000341. The molecule has 1 aliphatic heterocycles. The first-order chi connectivity index (χ1) is 14.6. The first-order valence-electron chi connectivity index (χ1n) is 10.6. The van der Waals surface area contributed by atoms with Crippen LogP contribution in [0.3, 0.4) is 0 Å². The van der Waals surface area contributed by atoms with Crippen LogP contribution >= 0.6 is 35.7 Å². The molecule has 2 N–H and O–H groups in total. The van der Waals surface area contributed by atoms with Gasteiger partial charge in [0, 0.05) is 43.7 Å². The summed E-state index contributed by atoms with van der Waals surface area (Å²) in [4.78, 5) is 20.3. The predicted octanol–water partition coefficient (Wildman–Crippen LogP) is 4.83. The van der Waals surface area contributed by atoms with Gasteiger partial charge in [-0.2, -0.15) is 0 Å². The van der Waals surface area contributed by atoms with Crippen LogP contribution in [0.4, 0.5) is 0 Å². The number of rotatable bonds is 6. The topological polar surface area (TPSA) is 56.7 Å². The fourth-order valence-corrected chi connectivity index (χ4v) is 4.38. The molecule has 3 rings (SSSR count). The first-order valence-corrected chi connectivity index (χ1v) is 11.8. The number of nitrogens with zero attached hydrogens (tertiary/aromatic N) is 2. The lowest BCUT2D eigenvalue weighted by Gasteiger charge is -2.26. The molecule has 0 radical (unpaired) electrons. The van der Waals surface area contributed by atoms with Gasteiger partial charge < -0.3 is 15.5 Å². The van der Waals surface area contributed by atoms with Crippen LogP contribution in [-0.2, 0) is 13.1 Å². The molecule has 31 heavy (non-hydrogen) atoms. The van der Waals surface area contributed by atoms with E-state index in [2.05, 4.69) is 47.0 Å². The number of thioether (sulfide) groups is 1. The van der Waals surface area contributed by atoms with Crippen LogP contribution < -0.4 is 10.6 Å². The van der Waals surface area contributed by atoms with Crippen molar-refractivity contribution in [1.82, 2.24) is 15.5 Å². The third-order valence-corrected chi connectivity index (χ3v) is 6.21. The minimum absolute atomic E-state index is 0. The van der Waals surface area contributed by atoms with Gasteiger partial charge in [-0.15, -0.1) is 35.7 Å². The number of aliphatic imine (C=N–C) groups is 1. The van der Waals surface area contributed by atoms with E-state index in [1.165, 1.54) is 22.4 Å². The third-order valence-electron chi connectivity index (χ3n) is 5.39. The lowest BCUT2D eigenvalue weighted by atomic mass is 10.1. The number of aryl methyl sites for hydroxylation is 1. The Kier molecular flexibility index (Phi) is 10.7. The molecule has 0 spiro atoms. The van der Waals surface area contributed by atoms with Gasteiger partial charge >= 0.3 is 0 Å². The molecular formula is C24H33IN4OS. The zero-order chi connectivity index (χ0) is 21.3. The van der Waals surface area contributed by atoms with Crippen molar-refractivity contribution in [2.45, 2.75) is 44.2 Å². The summed E-state index contributed by atoms with van der Waals surface area (Å²) < 4.78 is 0. The first kappa shape index (κ1) is 25.5. The number of piperidine rings is 1. The van der Waals surface area contributed by atoms with Crippen LogP contribution in [0.5, 0.6) is 0 Å². The molecule has 0 aromatic heterocycles. The van der Waals surface area contributed by atoms with Gasteiger partial charge in [0.25, 0.3) is 5.91 Å². The van der Waals surface area contributed by atoms with E-state index in [0.29, 0.717) is 13.1 Å². The molecule has 168 valence electrons. The Morgan fingerprint density at radius 2 is 1.81 bits per heavy atom. The molecule has 1 heterocycles. The van der Waals surface area contributed by atoms with Gasteiger partial charge in [-0.25, -0.2) is 0 Å². The molecule has 2 aromatic rings. The molecule has 1 fully saturated rings. The summed E-state index contributed by atoms with van der Waals surface area (Å²) in [5, 5.41) is 6.75. The molecule has 1 aliphatic rings. The number of amides is 1. The molecular weight excluding hydrogens is 519 g/mol. The van der Waals surface area contributed by atoms with Gasteiger partial charge in [-0.1, -0.05) is 24.3 Å². The normalized spacial score (nSPS) is 14.0. The molecule has 0 bridgehead atoms. The van der Waals surface area contributed by atoms with E-state index in [-0.39, 0.29) is 29.9 Å². The van der Waals surface area contributed by atoms with Crippen LogP contribution in [0.1, 0.15) is 46.3 Å². The SMILES string of the molecule is CN=C(NCc1cccc(C(=O)N2CCCCC2)c1)NCc1ccc(C)cc1SC.I. The van der Waals surface area contributed by atoms with E-state index >= 15 is 0 Å². The van der Waals surface area contributed by atoms with Crippen LogP contribution in [0.25, 0.3) is 0 Å². The standard InChI is InChI=1S/C24H32N4OS.HI/c1-18-10-11-21(22(14-18)30-3)17-27-24(25-2)26-16-19-8-7-9-20(15-19)23(29)28-12-5-4-6-13-28;/h7-11,14-15H,4-6,12-13,16-17H2,1-3H3,(H2,25,26,27);1H. The van der Waals surface area contributed by atoms with Crippen molar-refractivity contribution in [3.63, 3.8) is 0 Å². The number of halogens is 1. The summed E-state index contributed by atoms with van der Waals surface area (Å²) in [6.07, 6.45) is 5.53. The highest BCUT2D eigenvalue weighted by Crippen LogP contribution is 2.21. The fourth-order valence-electron chi connectivity index (χ4n) is 3.68. The molecule has 1 amide bonds. The van der Waals surface area contributed by atoms with Gasteiger partial charge in [-0.3, -0.25) is 9.79 Å². The molecule has 5 nitrogen and oxygen atoms in total. The highest BCUT2D eigenvalue weighted by atomic mass is 127. The molecule has 0 atom stereocenters. The van der Waals surface area contributed by atoms with Crippen molar-refractivity contribution < 1.29 is 4.79 Å². The van der Waals surface area contributed by atoms with Crippen LogP contribution in [-0.4, -0.2) is 43.2 Å². The smallest absolute Gasteiger partial charge is 0.253 e. The summed E-state index contributed by atoms with van der Waals surface area (Å²) in [5.41, 5.74) is 4.36. The number of likely N-dealkylation sites (tertiary alicyclic amines) is 1. The average Bonchev–Trinajstić information content (AvgIpc) is 2.80. The maximum atomic E-state index is 12.8. The molecule has 1 saturated heterocycles. The third kappa shape index (κ3) is 7.42. The summed E-state index contributed by atoms with van der Waals surface area (Å²) >= 11 is 1.76. The number of carbonyl (C=O) groups is 1. The summed E-state index contributed by atoms with van der Waals surface area (Å²) in [7, 11) is 1.77. The van der Waals surface area contributed by atoms with Crippen molar-refractivity contribution in [3.05, 3.63) is 64.7 Å². The second kappa shape index (κ2) is 13.0. The average molecular weight is 553 g/mol. The Morgan fingerprint density at radius 3 is 2.52 bits per heavy atom. The highest BCUT2D eigenvalue weighted by molar-refractivity contribution is 14.0. The van der Waals surface area contributed by atoms with Crippen molar-refractivity contribution >= 4 is 47.6 Å². The lowest BCUT2D eigenvalue weighted by molar-refractivity contribution is 0.0724. The van der Waals surface area contributed by atoms with Gasteiger partial charge in [0.1, 0.15) is 0 Å². The summed E-state index contributed by atoms with van der Waals surface area (Å²) in [5.74, 6) is 0.887. The second-order valence-electron chi connectivity index (χ2n) is 7.65. The molecule has 7 heteroatoms. The monoisotopic (exact) mass is 552 g/mol. The predicted molar refractivity (Wildman–Crippen MR) is 142 cm³/mol. The van der Waals surface area contributed by atoms with E-state index in [1.54, 1.807) is 18.8 Å². The van der Waals surface area contributed by atoms with Crippen LogP contribution in [0, 0.1) is 6.92 Å². The molecule has 0 unspecified atom stereocenters. The number of guanidine groups is 1. The number of hydrogen-bond donors (Lipinski definition) is 2. The molecule has 0 saturated carbocycles. The number of hydrogen-bond acceptors (Lipinski definition) is 3. The van der Waals surface area contributed by atoms with Crippen molar-refractivity contribution in [3.8, 4) is 0 Å². The van der Waals surface area contributed by atoms with E-state index in [9.17, 15) is 4.79 Å². The summed E-state index contributed by atoms with van der Waals surface area (Å²) in [6, 6.07) is 14.4. The Labute approximate surface area is 207 Å². The Morgan fingerprint density at radius 1 is 1.06 bits per heavy atom.